The summed E-state index contributed by atoms with van der Waals surface area (Å²) in [6.45, 7) is 0.580. The summed E-state index contributed by atoms with van der Waals surface area (Å²) < 4.78 is 1.69. The molecule has 0 spiro atoms. The van der Waals surface area contributed by atoms with E-state index in [9.17, 15) is 9.59 Å². The number of aromatic carboxylic acids is 1. The Morgan fingerprint density at radius 2 is 2.09 bits per heavy atom. The number of nitrogens with zero attached hydrogens (tertiary/aromatic N) is 3. The number of carbonyl (C=O) groups excluding carboxylic acids is 1. The van der Waals surface area contributed by atoms with Gasteiger partial charge in [-0.05, 0) is 37.0 Å². The number of anilines is 1. The Morgan fingerprint density at radius 1 is 1.30 bits per heavy atom. The lowest BCUT2D eigenvalue weighted by molar-refractivity contribution is 0.0696. The van der Waals surface area contributed by atoms with E-state index >= 15 is 0 Å². The van der Waals surface area contributed by atoms with Crippen molar-refractivity contribution in [2.45, 2.75) is 25.2 Å². The minimum absolute atomic E-state index is 0.0821. The van der Waals surface area contributed by atoms with E-state index in [0.717, 1.165) is 30.5 Å². The van der Waals surface area contributed by atoms with Crippen molar-refractivity contribution >= 4 is 17.6 Å². The maximum absolute atomic E-state index is 13.0. The topological polar surface area (TPSA) is 75.4 Å². The average Bonchev–Trinajstić information content (AvgIpc) is 3.17. The van der Waals surface area contributed by atoms with Crippen LogP contribution in [0.25, 0.3) is 0 Å². The molecule has 1 aliphatic heterocycles. The van der Waals surface area contributed by atoms with Crippen molar-refractivity contribution < 1.29 is 14.7 Å². The van der Waals surface area contributed by atoms with Crippen LogP contribution in [0.15, 0.2) is 24.4 Å². The van der Waals surface area contributed by atoms with E-state index in [4.69, 9.17) is 5.11 Å². The molecule has 4 rings (SSSR count). The maximum Gasteiger partial charge on any atom is 0.335 e. The lowest BCUT2D eigenvalue weighted by Gasteiger charge is -2.17. The molecule has 0 unspecified atom stereocenters. The normalized spacial score (nSPS) is 16.5. The molecule has 1 aromatic heterocycles. The van der Waals surface area contributed by atoms with Crippen LogP contribution in [0.3, 0.4) is 0 Å². The summed E-state index contributed by atoms with van der Waals surface area (Å²) in [5.74, 6) is -0.670. The van der Waals surface area contributed by atoms with Crippen LogP contribution in [0.4, 0.5) is 5.69 Å². The van der Waals surface area contributed by atoms with Crippen LogP contribution >= 0.6 is 0 Å². The number of hydrogen-bond donors (Lipinski definition) is 1. The number of aromatic nitrogens is 2. The van der Waals surface area contributed by atoms with Gasteiger partial charge in [-0.3, -0.25) is 9.48 Å². The van der Waals surface area contributed by atoms with Crippen LogP contribution < -0.4 is 4.90 Å². The zero-order chi connectivity index (χ0) is 16.1. The standard InChI is InChI=1S/C17H17N3O3/c1-19-9-13(15(18-19)11-3-4-11)16(21)20-7-6-10-2-5-12(17(22)23)8-14(10)20/h2,5,8-9,11H,3-4,6-7H2,1H3,(H,22,23). The van der Waals surface area contributed by atoms with Crippen LogP contribution in [0.5, 0.6) is 0 Å². The van der Waals surface area contributed by atoms with Gasteiger partial charge in [0.15, 0.2) is 0 Å². The third-order valence-corrected chi connectivity index (χ3v) is 4.52. The number of carbonyl (C=O) groups is 2. The lowest BCUT2D eigenvalue weighted by atomic mass is 10.1. The summed E-state index contributed by atoms with van der Waals surface area (Å²) in [4.78, 5) is 25.9. The molecule has 1 saturated carbocycles. The number of carboxylic acids is 1. The lowest BCUT2D eigenvalue weighted by Crippen LogP contribution is -2.29. The minimum atomic E-state index is -0.979. The summed E-state index contributed by atoms with van der Waals surface area (Å²) in [6, 6.07) is 4.99. The molecule has 2 heterocycles. The molecule has 2 aromatic rings. The Bertz CT molecular complexity index is 820. The largest absolute Gasteiger partial charge is 0.478 e. The predicted molar refractivity (Wildman–Crippen MR) is 84.0 cm³/mol. The molecule has 1 aliphatic carbocycles. The van der Waals surface area contributed by atoms with Gasteiger partial charge in [-0.15, -0.1) is 0 Å². The highest BCUT2D eigenvalue weighted by molar-refractivity contribution is 6.08. The summed E-state index contributed by atoms with van der Waals surface area (Å²) in [6.07, 6.45) is 4.68. The van der Waals surface area contributed by atoms with Crippen molar-refractivity contribution in [2.75, 3.05) is 11.4 Å². The molecule has 2 aliphatic rings. The SMILES string of the molecule is Cn1cc(C(=O)N2CCc3ccc(C(=O)O)cc32)c(C2CC2)n1. The summed E-state index contributed by atoms with van der Waals surface area (Å²) in [5.41, 5.74) is 3.45. The van der Waals surface area contributed by atoms with Crippen molar-refractivity contribution in [3.63, 3.8) is 0 Å². The molecule has 0 radical (unpaired) electrons. The fourth-order valence-corrected chi connectivity index (χ4v) is 3.20. The third kappa shape index (κ3) is 2.30. The number of carboxylic acid groups (broad SMARTS) is 1. The van der Waals surface area contributed by atoms with Crippen LogP contribution in [0, 0.1) is 0 Å². The predicted octanol–water partition coefficient (Wildman–Crippen LogP) is 2.20. The van der Waals surface area contributed by atoms with Gasteiger partial charge >= 0.3 is 5.97 Å². The van der Waals surface area contributed by atoms with Gasteiger partial charge in [-0.1, -0.05) is 6.07 Å². The van der Waals surface area contributed by atoms with E-state index in [0.29, 0.717) is 23.7 Å². The van der Waals surface area contributed by atoms with Gasteiger partial charge in [0.25, 0.3) is 5.91 Å². The zero-order valence-corrected chi connectivity index (χ0v) is 12.8. The fraction of sp³-hybridized carbons (Fsp3) is 0.353. The molecule has 0 bridgehead atoms. The first kappa shape index (κ1) is 14.0. The number of hydrogen-bond acceptors (Lipinski definition) is 3. The summed E-state index contributed by atoms with van der Waals surface area (Å²) in [7, 11) is 1.82. The van der Waals surface area contributed by atoms with Crippen LogP contribution in [0.1, 0.15) is 50.7 Å². The Kier molecular flexibility index (Phi) is 3.01. The van der Waals surface area contributed by atoms with Crippen molar-refractivity contribution in [3.05, 3.63) is 46.8 Å². The second-order valence-electron chi connectivity index (χ2n) is 6.23. The average molecular weight is 311 g/mol. The highest BCUT2D eigenvalue weighted by atomic mass is 16.4. The monoisotopic (exact) mass is 311 g/mol. The van der Waals surface area contributed by atoms with E-state index in [1.807, 2.05) is 7.05 Å². The highest BCUT2D eigenvalue weighted by Crippen LogP contribution is 2.41. The molecule has 1 aromatic carbocycles. The van der Waals surface area contributed by atoms with Gasteiger partial charge in [-0.25, -0.2) is 4.79 Å². The van der Waals surface area contributed by atoms with E-state index < -0.39 is 5.97 Å². The van der Waals surface area contributed by atoms with Gasteiger partial charge in [0, 0.05) is 31.4 Å². The molecule has 0 atom stereocenters. The summed E-state index contributed by atoms with van der Waals surface area (Å²) >= 11 is 0. The van der Waals surface area contributed by atoms with E-state index in [1.54, 1.807) is 34.0 Å². The van der Waals surface area contributed by atoms with Gasteiger partial charge in [0.1, 0.15) is 0 Å². The van der Waals surface area contributed by atoms with Crippen LogP contribution in [-0.2, 0) is 13.5 Å². The number of amides is 1. The number of fused-ring (bicyclic) bond motifs is 1. The molecule has 1 N–H and O–H groups in total. The smallest absolute Gasteiger partial charge is 0.335 e. The van der Waals surface area contributed by atoms with Gasteiger partial charge in [0.2, 0.25) is 0 Å². The van der Waals surface area contributed by atoms with Crippen molar-refractivity contribution in [1.29, 1.82) is 0 Å². The van der Waals surface area contributed by atoms with Crippen molar-refractivity contribution in [3.8, 4) is 0 Å². The second kappa shape index (κ2) is 4.94. The molecule has 1 amide bonds. The Balaban J connectivity index is 1.72. The molecule has 1 fully saturated rings. The first-order chi connectivity index (χ1) is 11.0. The number of rotatable bonds is 3. The number of benzene rings is 1. The van der Waals surface area contributed by atoms with Gasteiger partial charge in [0.05, 0.1) is 16.8 Å². The molecule has 23 heavy (non-hydrogen) atoms. The van der Waals surface area contributed by atoms with Crippen molar-refractivity contribution in [2.24, 2.45) is 7.05 Å². The molecule has 6 heteroatoms. The van der Waals surface area contributed by atoms with Crippen LogP contribution in [0.2, 0.25) is 0 Å². The van der Waals surface area contributed by atoms with E-state index in [2.05, 4.69) is 5.10 Å². The van der Waals surface area contributed by atoms with Crippen LogP contribution in [-0.4, -0.2) is 33.3 Å². The third-order valence-electron chi connectivity index (χ3n) is 4.52. The van der Waals surface area contributed by atoms with E-state index in [-0.39, 0.29) is 11.5 Å². The Morgan fingerprint density at radius 3 is 2.78 bits per heavy atom. The maximum atomic E-state index is 13.0. The fourth-order valence-electron chi connectivity index (χ4n) is 3.20. The summed E-state index contributed by atoms with van der Waals surface area (Å²) in [5, 5.41) is 13.6. The quantitative estimate of drug-likeness (QED) is 0.943. The Labute approximate surface area is 133 Å². The van der Waals surface area contributed by atoms with Gasteiger partial charge < -0.3 is 10.0 Å². The molecule has 6 nitrogen and oxygen atoms in total. The number of aryl methyl sites for hydroxylation is 1. The minimum Gasteiger partial charge on any atom is -0.478 e. The molecular weight excluding hydrogens is 294 g/mol. The molecule has 118 valence electrons. The first-order valence-electron chi connectivity index (χ1n) is 7.76. The molecule has 0 saturated heterocycles. The highest BCUT2D eigenvalue weighted by Gasteiger charge is 2.34. The second-order valence-corrected chi connectivity index (χ2v) is 6.23. The van der Waals surface area contributed by atoms with Gasteiger partial charge in [-0.2, -0.15) is 5.10 Å². The zero-order valence-electron chi connectivity index (χ0n) is 12.8. The Hall–Kier alpha value is -2.63. The molecular formula is C17H17N3O3. The van der Waals surface area contributed by atoms with E-state index in [1.165, 1.54) is 0 Å². The van der Waals surface area contributed by atoms with Crippen molar-refractivity contribution in [1.82, 2.24) is 9.78 Å². The first-order valence-corrected chi connectivity index (χ1v) is 7.76.